The quantitative estimate of drug-likeness (QED) is 0.375. The van der Waals surface area contributed by atoms with Gasteiger partial charge in [0.05, 0.1) is 17.2 Å². The minimum Gasteiger partial charge on any atom is -0.341 e. The van der Waals surface area contributed by atoms with Crippen molar-refractivity contribution in [1.29, 1.82) is 0 Å². The van der Waals surface area contributed by atoms with Crippen LogP contribution in [0.25, 0.3) is 16.6 Å². The molecule has 1 saturated heterocycles. The van der Waals surface area contributed by atoms with Crippen molar-refractivity contribution in [3.8, 4) is 5.69 Å². The van der Waals surface area contributed by atoms with Crippen LogP contribution in [0.5, 0.6) is 0 Å². The number of benzene rings is 2. The molecule has 10 nitrogen and oxygen atoms in total. The fourth-order valence-corrected chi connectivity index (χ4v) is 5.15. The Morgan fingerprint density at radius 3 is 2.47 bits per heavy atom. The van der Waals surface area contributed by atoms with Gasteiger partial charge in [0.2, 0.25) is 0 Å². The molecule has 4 heterocycles. The van der Waals surface area contributed by atoms with E-state index in [-0.39, 0.29) is 23.1 Å². The molecule has 1 aliphatic rings. The van der Waals surface area contributed by atoms with Crippen LogP contribution in [0.15, 0.2) is 77.0 Å². The van der Waals surface area contributed by atoms with Crippen LogP contribution in [0, 0.1) is 5.82 Å². The number of hydrogen-bond acceptors (Lipinski definition) is 6. The highest BCUT2D eigenvalue weighted by Gasteiger charge is 2.27. The molecular weight excluding hydrogens is 487 g/mol. The summed E-state index contributed by atoms with van der Waals surface area (Å²) in [5, 5.41) is 7.91. The molecule has 2 aromatic carbocycles. The third-order valence-electron chi connectivity index (χ3n) is 7.14. The SMILES string of the molecule is CN1CCC(n2c(=O)n(C)c(=O)c3c(Nc4ccc(F)cc4)n(Cc4ccc(-n5cncn5)cc4)cc32)C1. The van der Waals surface area contributed by atoms with Crippen LogP contribution in [-0.2, 0) is 13.6 Å². The number of halogens is 1. The van der Waals surface area contributed by atoms with E-state index in [1.807, 2.05) is 42.1 Å². The molecule has 1 fully saturated rings. The summed E-state index contributed by atoms with van der Waals surface area (Å²) in [6.45, 7) is 2.04. The van der Waals surface area contributed by atoms with Crippen molar-refractivity contribution in [2.45, 2.75) is 19.0 Å². The number of rotatable bonds is 6. The summed E-state index contributed by atoms with van der Waals surface area (Å²) in [5.41, 5.74) is 2.38. The number of anilines is 2. The number of fused-ring (bicyclic) bond motifs is 1. The monoisotopic (exact) mass is 514 g/mol. The first kappa shape index (κ1) is 23.9. The second-order valence-corrected chi connectivity index (χ2v) is 9.73. The molecule has 0 saturated carbocycles. The average Bonchev–Trinajstić information content (AvgIpc) is 3.67. The molecule has 3 aromatic heterocycles. The van der Waals surface area contributed by atoms with Crippen LogP contribution >= 0.6 is 0 Å². The van der Waals surface area contributed by atoms with E-state index in [0.29, 0.717) is 29.0 Å². The Morgan fingerprint density at radius 2 is 1.82 bits per heavy atom. The van der Waals surface area contributed by atoms with Crippen molar-refractivity contribution in [3.63, 3.8) is 0 Å². The van der Waals surface area contributed by atoms with Crippen LogP contribution in [-0.4, -0.2) is 53.5 Å². The topological polar surface area (TPSA) is 94.9 Å². The van der Waals surface area contributed by atoms with Crippen molar-refractivity contribution < 1.29 is 4.39 Å². The predicted molar refractivity (Wildman–Crippen MR) is 143 cm³/mol. The summed E-state index contributed by atoms with van der Waals surface area (Å²) in [6.07, 6.45) is 5.80. The number of likely N-dealkylation sites (N-methyl/N-ethyl adjacent to an activating group) is 1. The van der Waals surface area contributed by atoms with Gasteiger partial charge in [-0.05, 0) is 62.0 Å². The van der Waals surface area contributed by atoms with E-state index in [1.165, 1.54) is 30.1 Å². The van der Waals surface area contributed by atoms with E-state index in [9.17, 15) is 14.0 Å². The lowest BCUT2D eigenvalue weighted by Gasteiger charge is -2.17. The summed E-state index contributed by atoms with van der Waals surface area (Å²) < 4.78 is 20.1. The molecule has 1 unspecified atom stereocenters. The zero-order valence-electron chi connectivity index (χ0n) is 21.1. The summed E-state index contributed by atoms with van der Waals surface area (Å²) in [7, 11) is 3.54. The lowest BCUT2D eigenvalue weighted by molar-refractivity contribution is 0.389. The first-order valence-corrected chi connectivity index (χ1v) is 12.4. The molecule has 1 atom stereocenters. The zero-order chi connectivity index (χ0) is 26.4. The number of likely N-dealkylation sites (tertiary alicyclic amines) is 1. The van der Waals surface area contributed by atoms with Gasteiger partial charge in [0.15, 0.2) is 0 Å². The molecular formula is C27H27FN8O2. The van der Waals surface area contributed by atoms with Crippen LogP contribution in [0.1, 0.15) is 18.0 Å². The molecule has 0 spiro atoms. The van der Waals surface area contributed by atoms with Gasteiger partial charge in [0, 0.05) is 32.0 Å². The Balaban J connectivity index is 1.50. The van der Waals surface area contributed by atoms with E-state index >= 15 is 0 Å². The van der Waals surface area contributed by atoms with Crippen LogP contribution < -0.4 is 16.6 Å². The Morgan fingerprint density at radius 1 is 1.05 bits per heavy atom. The van der Waals surface area contributed by atoms with Gasteiger partial charge in [0.1, 0.15) is 29.7 Å². The first-order chi connectivity index (χ1) is 18.4. The maximum Gasteiger partial charge on any atom is 0.331 e. The van der Waals surface area contributed by atoms with E-state index in [0.717, 1.165) is 30.8 Å². The molecule has 1 aliphatic heterocycles. The maximum absolute atomic E-state index is 13.6. The number of aromatic nitrogens is 6. The number of nitrogens with zero attached hydrogens (tertiary/aromatic N) is 7. The van der Waals surface area contributed by atoms with E-state index in [2.05, 4.69) is 20.3 Å². The van der Waals surface area contributed by atoms with Crippen molar-refractivity contribution >= 4 is 22.4 Å². The van der Waals surface area contributed by atoms with Crippen molar-refractivity contribution in [2.75, 3.05) is 25.5 Å². The van der Waals surface area contributed by atoms with Gasteiger partial charge in [-0.3, -0.25) is 13.9 Å². The van der Waals surface area contributed by atoms with Crippen molar-refractivity contribution in [3.05, 3.63) is 99.6 Å². The lowest BCUT2D eigenvalue weighted by atomic mass is 10.2. The zero-order valence-corrected chi connectivity index (χ0v) is 21.1. The number of nitrogens with one attached hydrogen (secondary N) is 1. The molecule has 0 amide bonds. The van der Waals surface area contributed by atoms with Gasteiger partial charge >= 0.3 is 5.69 Å². The molecule has 0 radical (unpaired) electrons. The fraction of sp³-hybridized carbons (Fsp3) is 0.259. The Labute approximate surface area is 217 Å². The Hall–Kier alpha value is -4.51. The van der Waals surface area contributed by atoms with Crippen LogP contribution in [0.4, 0.5) is 15.9 Å². The molecule has 0 bridgehead atoms. The molecule has 0 aliphatic carbocycles. The minimum atomic E-state index is -0.377. The van der Waals surface area contributed by atoms with Gasteiger partial charge in [0.25, 0.3) is 5.56 Å². The van der Waals surface area contributed by atoms with Crippen LogP contribution in [0.3, 0.4) is 0 Å². The summed E-state index contributed by atoms with van der Waals surface area (Å²) in [4.78, 5) is 33.0. The van der Waals surface area contributed by atoms with E-state index in [4.69, 9.17) is 0 Å². The lowest BCUT2D eigenvalue weighted by Crippen LogP contribution is -2.40. The summed E-state index contributed by atoms with van der Waals surface area (Å²) in [5.74, 6) is 0.200. The van der Waals surface area contributed by atoms with Crippen molar-refractivity contribution in [1.82, 2.24) is 33.4 Å². The largest absolute Gasteiger partial charge is 0.341 e. The molecule has 5 aromatic rings. The summed E-state index contributed by atoms with van der Waals surface area (Å²) >= 11 is 0. The standard InChI is InChI=1S/C27H27FN8O2/c1-32-12-11-22(14-32)36-23-15-34(13-18-3-9-21(10-4-18)35-17-29-16-30-35)25(24(23)26(37)33(2)27(36)38)31-20-7-5-19(28)6-8-20/h3-10,15-17,22,31H,11-14H2,1-2H3. The highest BCUT2D eigenvalue weighted by molar-refractivity contribution is 5.92. The average molecular weight is 515 g/mol. The van der Waals surface area contributed by atoms with Gasteiger partial charge in [-0.25, -0.2) is 18.9 Å². The number of hydrogen-bond donors (Lipinski definition) is 1. The third-order valence-corrected chi connectivity index (χ3v) is 7.14. The smallest absolute Gasteiger partial charge is 0.331 e. The fourth-order valence-electron chi connectivity index (χ4n) is 5.15. The minimum absolute atomic E-state index is 0.0433. The molecule has 6 rings (SSSR count). The highest BCUT2D eigenvalue weighted by atomic mass is 19.1. The molecule has 1 N–H and O–H groups in total. The second kappa shape index (κ2) is 9.42. The van der Waals surface area contributed by atoms with Gasteiger partial charge in [-0.1, -0.05) is 12.1 Å². The molecule has 11 heteroatoms. The van der Waals surface area contributed by atoms with Crippen molar-refractivity contribution in [2.24, 2.45) is 7.05 Å². The Bertz CT molecular complexity index is 1720. The van der Waals surface area contributed by atoms with Gasteiger partial charge in [-0.15, -0.1) is 0 Å². The second-order valence-electron chi connectivity index (χ2n) is 9.73. The third kappa shape index (κ3) is 4.20. The molecule has 38 heavy (non-hydrogen) atoms. The van der Waals surface area contributed by atoms with Gasteiger partial charge < -0.3 is 14.8 Å². The van der Waals surface area contributed by atoms with Gasteiger partial charge in [-0.2, -0.15) is 5.10 Å². The predicted octanol–water partition coefficient (Wildman–Crippen LogP) is 2.89. The first-order valence-electron chi connectivity index (χ1n) is 12.4. The highest BCUT2D eigenvalue weighted by Crippen LogP contribution is 2.30. The normalized spacial score (nSPS) is 15.9. The maximum atomic E-state index is 13.6. The van der Waals surface area contributed by atoms with E-state index < -0.39 is 0 Å². The van der Waals surface area contributed by atoms with E-state index in [1.54, 1.807) is 27.7 Å². The summed E-state index contributed by atoms with van der Waals surface area (Å²) in [6, 6.07) is 13.8. The molecule has 194 valence electrons. The Kier molecular flexibility index (Phi) is 5.91. The van der Waals surface area contributed by atoms with Crippen LogP contribution in [0.2, 0.25) is 0 Å².